The van der Waals surface area contributed by atoms with Gasteiger partial charge in [0.05, 0.1) is 4.90 Å². The van der Waals surface area contributed by atoms with Gasteiger partial charge in [0.2, 0.25) is 15.7 Å². The lowest BCUT2D eigenvalue weighted by Crippen LogP contribution is -2.19. The van der Waals surface area contributed by atoms with E-state index in [2.05, 4.69) is 20.9 Å². The maximum absolute atomic E-state index is 13.3. The molecule has 4 aromatic rings. The van der Waals surface area contributed by atoms with E-state index < -0.39 is 26.1 Å². The number of benzene rings is 2. The van der Waals surface area contributed by atoms with Crippen LogP contribution in [0.1, 0.15) is 5.56 Å². The van der Waals surface area contributed by atoms with Crippen LogP contribution in [-0.2, 0) is 9.84 Å². The predicted molar refractivity (Wildman–Crippen MR) is 123 cm³/mol. The summed E-state index contributed by atoms with van der Waals surface area (Å²) in [5.74, 6) is -0.537. The number of rotatable bonds is 5. The standard InChI is InChI=1S/C23H13BrFN3O4S/c24-15-4-10-18(11-5-15)33(30,31)19(14-26)13-20-22(32-17-8-6-16(25)7-9-17)27-21-3-1-2-12-28(21)23(20)29/h1-13H/b19-13-. The van der Waals surface area contributed by atoms with Gasteiger partial charge in [-0.3, -0.25) is 9.20 Å². The number of aromatic nitrogens is 2. The topological polar surface area (TPSA) is 102 Å². The Balaban J connectivity index is 1.92. The molecule has 4 rings (SSSR count). The molecule has 2 aromatic heterocycles. The Morgan fingerprint density at radius 1 is 1.09 bits per heavy atom. The Morgan fingerprint density at radius 2 is 1.79 bits per heavy atom. The normalized spacial score (nSPS) is 11.8. The van der Waals surface area contributed by atoms with E-state index in [0.717, 1.165) is 18.2 Å². The molecule has 0 atom stereocenters. The quantitative estimate of drug-likeness (QED) is 0.349. The molecule has 0 spiro atoms. The van der Waals surface area contributed by atoms with Gasteiger partial charge in [-0.2, -0.15) is 10.2 Å². The minimum atomic E-state index is -4.23. The number of fused-ring (bicyclic) bond motifs is 1. The summed E-state index contributed by atoms with van der Waals surface area (Å²) in [5.41, 5.74) is -0.650. The summed E-state index contributed by atoms with van der Waals surface area (Å²) < 4.78 is 46.9. The molecule has 0 aliphatic carbocycles. The molecule has 0 aliphatic rings. The van der Waals surface area contributed by atoms with E-state index in [0.29, 0.717) is 4.47 Å². The van der Waals surface area contributed by atoms with E-state index in [4.69, 9.17) is 4.74 Å². The summed E-state index contributed by atoms with van der Waals surface area (Å²) in [5, 5.41) is 9.64. The third-order valence-corrected chi connectivity index (χ3v) is 6.77. The molecule has 0 radical (unpaired) electrons. The third kappa shape index (κ3) is 4.55. The molecule has 0 unspecified atom stereocenters. The monoisotopic (exact) mass is 525 g/mol. The molecule has 164 valence electrons. The molecule has 0 amide bonds. The lowest BCUT2D eigenvalue weighted by molar-refractivity contribution is 0.459. The maximum atomic E-state index is 13.3. The third-order valence-electron chi connectivity index (χ3n) is 4.56. The summed E-state index contributed by atoms with van der Waals surface area (Å²) in [6, 6.07) is 17.2. The number of halogens is 2. The zero-order chi connectivity index (χ0) is 23.6. The predicted octanol–water partition coefficient (Wildman–Crippen LogP) is 4.73. The molecule has 2 aromatic carbocycles. The highest BCUT2D eigenvalue weighted by molar-refractivity contribution is 9.10. The Kier molecular flexibility index (Phi) is 6.09. The Hall–Kier alpha value is -3.81. The largest absolute Gasteiger partial charge is 0.438 e. The van der Waals surface area contributed by atoms with Crippen molar-refractivity contribution >= 4 is 37.5 Å². The molecule has 10 heteroatoms. The summed E-state index contributed by atoms with van der Waals surface area (Å²) in [4.78, 5) is 16.7. The molecule has 0 bridgehead atoms. The molecular formula is C23H13BrFN3O4S. The zero-order valence-electron chi connectivity index (χ0n) is 16.6. The fourth-order valence-corrected chi connectivity index (χ4v) is 4.35. The van der Waals surface area contributed by atoms with Crippen LogP contribution in [0.25, 0.3) is 11.7 Å². The van der Waals surface area contributed by atoms with Crippen molar-refractivity contribution in [2.24, 2.45) is 0 Å². The highest BCUT2D eigenvalue weighted by atomic mass is 79.9. The molecule has 2 heterocycles. The number of nitriles is 1. The lowest BCUT2D eigenvalue weighted by Gasteiger charge is -2.10. The van der Waals surface area contributed by atoms with Gasteiger partial charge in [-0.05, 0) is 66.7 Å². The van der Waals surface area contributed by atoms with Gasteiger partial charge < -0.3 is 4.74 Å². The highest BCUT2D eigenvalue weighted by Crippen LogP contribution is 2.27. The first-order valence-electron chi connectivity index (χ1n) is 9.37. The second-order valence-electron chi connectivity index (χ2n) is 6.70. The van der Waals surface area contributed by atoms with E-state index in [-0.39, 0.29) is 27.7 Å². The summed E-state index contributed by atoms with van der Waals surface area (Å²) in [6.45, 7) is 0. The number of sulfone groups is 1. The second kappa shape index (κ2) is 8.97. The number of hydrogen-bond acceptors (Lipinski definition) is 6. The average Bonchev–Trinajstić information content (AvgIpc) is 2.80. The second-order valence-corrected chi connectivity index (χ2v) is 9.53. The van der Waals surface area contributed by atoms with Crippen molar-refractivity contribution < 1.29 is 17.5 Å². The van der Waals surface area contributed by atoms with Crippen LogP contribution in [0.5, 0.6) is 11.6 Å². The lowest BCUT2D eigenvalue weighted by atomic mass is 10.2. The summed E-state index contributed by atoms with van der Waals surface area (Å²) in [6.07, 6.45) is 2.39. The van der Waals surface area contributed by atoms with Gasteiger partial charge in [0.1, 0.15) is 33.8 Å². The van der Waals surface area contributed by atoms with Gasteiger partial charge in [0.15, 0.2) is 0 Å². The molecule has 7 nitrogen and oxygen atoms in total. The first-order valence-corrected chi connectivity index (χ1v) is 11.6. The van der Waals surface area contributed by atoms with Gasteiger partial charge >= 0.3 is 0 Å². The van der Waals surface area contributed by atoms with E-state index >= 15 is 0 Å². The van der Waals surface area contributed by atoms with Crippen LogP contribution in [0.2, 0.25) is 0 Å². The molecular weight excluding hydrogens is 513 g/mol. The smallest absolute Gasteiger partial charge is 0.269 e. The van der Waals surface area contributed by atoms with Crippen molar-refractivity contribution in [1.82, 2.24) is 9.38 Å². The molecule has 0 fully saturated rings. The van der Waals surface area contributed by atoms with Gasteiger partial charge in [-0.15, -0.1) is 0 Å². The first-order chi connectivity index (χ1) is 15.8. The zero-order valence-corrected chi connectivity index (χ0v) is 19.0. The number of hydrogen-bond donors (Lipinski definition) is 0. The number of pyridine rings is 1. The molecule has 0 saturated carbocycles. The minimum Gasteiger partial charge on any atom is -0.438 e. The van der Waals surface area contributed by atoms with Crippen LogP contribution in [-0.4, -0.2) is 17.8 Å². The number of ether oxygens (including phenoxy) is 1. The van der Waals surface area contributed by atoms with E-state index in [1.54, 1.807) is 24.3 Å². The molecule has 33 heavy (non-hydrogen) atoms. The van der Waals surface area contributed by atoms with Crippen molar-refractivity contribution in [1.29, 1.82) is 5.26 Å². The fraction of sp³-hybridized carbons (Fsp3) is 0. The van der Waals surface area contributed by atoms with Crippen molar-refractivity contribution in [2.75, 3.05) is 0 Å². The van der Waals surface area contributed by atoms with Gasteiger partial charge in [-0.25, -0.2) is 12.8 Å². The Morgan fingerprint density at radius 3 is 2.45 bits per heavy atom. The van der Waals surface area contributed by atoms with Crippen LogP contribution in [0, 0.1) is 17.1 Å². The van der Waals surface area contributed by atoms with Gasteiger partial charge in [0.25, 0.3) is 5.56 Å². The number of allylic oxidation sites excluding steroid dienone is 1. The van der Waals surface area contributed by atoms with Gasteiger partial charge in [-0.1, -0.05) is 22.0 Å². The van der Waals surface area contributed by atoms with Crippen LogP contribution in [0.3, 0.4) is 0 Å². The first kappa shape index (κ1) is 22.4. The van der Waals surface area contributed by atoms with Crippen LogP contribution < -0.4 is 10.3 Å². The fourth-order valence-electron chi connectivity index (χ4n) is 2.94. The van der Waals surface area contributed by atoms with E-state index in [1.165, 1.54) is 47.0 Å². The van der Waals surface area contributed by atoms with Crippen LogP contribution >= 0.6 is 15.9 Å². The maximum Gasteiger partial charge on any atom is 0.269 e. The van der Waals surface area contributed by atoms with Crippen molar-refractivity contribution in [2.45, 2.75) is 4.90 Å². The minimum absolute atomic E-state index is 0.117. The van der Waals surface area contributed by atoms with Crippen molar-refractivity contribution in [3.05, 3.63) is 104 Å². The van der Waals surface area contributed by atoms with E-state index in [1.807, 2.05) is 0 Å². The van der Waals surface area contributed by atoms with Crippen molar-refractivity contribution in [3.63, 3.8) is 0 Å². The Bertz CT molecular complexity index is 1590. The molecule has 0 saturated heterocycles. The Labute approximate surface area is 196 Å². The molecule has 0 N–H and O–H groups in total. The molecule has 0 aliphatic heterocycles. The average molecular weight is 526 g/mol. The van der Waals surface area contributed by atoms with Crippen LogP contribution in [0.15, 0.2) is 92.0 Å². The highest BCUT2D eigenvalue weighted by Gasteiger charge is 2.23. The van der Waals surface area contributed by atoms with Crippen molar-refractivity contribution in [3.8, 4) is 17.7 Å². The summed E-state index contributed by atoms with van der Waals surface area (Å²) in [7, 11) is -4.23. The van der Waals surface area contributed by atoms with Crippen LogP contribution in [0.4, 0.5) is 4.39 Å². The van der Waals surface area contributed by atoms with E-state index in [9.17, 15) is 22.9 Å². The number of nitrogens with zero attached hydrogens (tertiary/aromatic N) is 3. The SMILES string of the molecule is N#C/C(=C/c1c(Oc2ccc(F)cc2)nc2ccccn2c1=O)S(=O)(=O)c1ccc(Br)cc1. The summed E-state index contributed by atoms with van der Waals surface area (Å²) >= 11 is 3.23. The van der Waals surface area contributed by atoms with Gasteiger partial charge in [0, 0.05) is 10.7 Å².